The van der Waals surface area contributed by atoms with Crippen LogP contribution in [0, 0.1) is 5.92 Å². The summed E-state index contributed by atoms with van der Waals surface area (Å²) in [4.78, 5) is 30.4. The zero-order chi connectivity index (χ0) is 17.9. The lowest BCUT2D eigenvalue weighted by atomic mass is 9.96. The molecule has 1 fully saturated rings. The van der Waals surface area contributed by atoms with Crippen molar-refractivity contribution in [1.82, 2.24) is 9.88 Å². The molecule has 5 nitrogen and oxygen atoms in total. The molecule has 1 atom stereocenters. The van der Waals surface area contributed by atoms with Crippen LogP contribution in [0.5, 0.6) is 0 Å². The molecule has 2 N–H and O–H groups in total. The number of carbonyl (C=O) groups is 2. The molecule has 2 amide bonds. The van der Waals surface area contributed by atoms with Gasteiger partial charge in [-0.1, -0.05) is 18.2 Å². The molecule has 26 heavy (non-hydrogen) atoms. The van der Waals surface area contributed by atoms with Crippen LogP contribution in [0.2, 0.25) is 0 Å². The number of benzene rings is 2. The number of hydrogen-bond acceptors (Lipinski definition) is 2. The first kappa shape index (κ1) is 16.4. The molecule has 0 spiro atoms. The fourth-order valence-electron chi connectivity index (χ4n) is 3.51. The van der Waals surface area contributed by atoms with E-state index in [0.717, 1.165) is 29.4 Å². The van der Waals surface area contributed by atoms with Gasteiger partial charge in [0.05, 0.1) is 5.92 Å². The maximum absolute atomic E-state index is 12.9. The SMILES string of the molecule is O=C(Nc1ccccc1)C1CCCN(C(=O)c2ccc3[nH]ccc3c2)C1. The molecule has 5 heteroatoms. The topological polar surface area (TPSA) is 65.2 Å². The van der Waals surface area contributed by atoms with Crippen LogP contribution in [0.25, 0.3) is 10.9 Å². The third-order valence-corrected chi connectivity index (χ3v) is 4.92. The molecule has 1 aliphatic heterocycles. The number of likely N-dealkylation sites (tertiary alicyclic amines) is 1. The van der Waals surface area contributed by atoms with E-state index in [1.165, 1.54) is 0 Å². The third kappa shape index (κ3) is 3.33. The highest BCUT2D eigenvalue weighted by Gasteiger charge is 2.29. The lowest BCUT2D eigenvalue weighted by molar-refractivity contribution is -0.121. The Bertz CT molecular complexity index is 933. The van der Waals surface area contributed by atoms with E-state index < -0.39 is 0 Å². The number of anilines is 1. The van der Waals surface area contributed by atoms with Gasteiger partial charge in [-0.2, -0.15) is 0 Å². The van der Waals surface area contributed by atoms with Crippen molar-refractivity contribution < 1.29 is 9.59 Å². The maximum Gasteiger partial charge on any atom is 0.253 e. The van der Waals surface area contributed by atoms with Gasteiger partial charge < -0.3 is 15.2 Å². The quantitative estimate of drug-likeness (QED) is 0.759. The van der Waals surface area contributed by atoms with Crippen LogP contribution in [0.4, 0.5) is 5.69 Å². The normalized spacial score (nSPS) is 17.2. The maximum atomic E-state index is 12.9. The van der Waals surface area contributed by atoms with Gasteiger partial charge in [-0.15, -0.1) is 0 Å². The zero-order valence-corrected chi connectivity index (χ0v) is 14.4. The van der Waals surface area contributed by atoms with Crippen LogP contribution < -0.4 is 5.32 Å². The van der Waals surface area contributed by atoms with E-state index in [1.807, 2.05) is 60.8 Å². The Morgan fingerprint density at radius 2 is 1.92 bits per heavy atom. The molecule has 4 rings (SSSR count). The highest BCUT2D eigenvalue weighted by Crippen LogP contribution is 2.22. The molecule has 0 bridgehead atoms. The van der Waals surface area contributed by atoms with Gasteiger partial charge in [-0.3, -0.25) is 9.59 Å². The standard InChI is InChI=1S/C21H21N3O2/c25-20(23-18-6-2-1-3-7-18)17-5-4-12-24(14-17)21(26)16-8-9-19-15(13-16)10-11-22-19/h1-3,6-11,13,17,22H,4-5,12,14H2,(H,23,25). The number of para-hydroxylation sites is 1. The van der Waals surface area contributed by atoms with Crippen molar-refractivity contribution in [2.75, 3.05) is 18.4 Å². The summed E-state index contributed by atoms with van der Waals surface area (Å²) in [5.74, 6) is -0.205. The minimum Gasteiger partial charge on any atom is -0.361 e. The molecule has 0 radical (unpaired) electrons. The third-order valence-electron chi connectivity index (χ3n) is 4.92. The van der Waals surface area contributed by atoms with E-state index >= 15 is 0 Å². The number of fused-ring (bicyclic) bond motifs is 1. The molecule has 1 saturated heterocycles. The summed E-state index contributed by atoms with van der Waals surface area (Å²) in [6.07, 6.45) is 3.51. The lowest BCUT2D eigenvalue weighted by Gasteiger charge is -2.32. The van der Waals surface area contributed by atoms with E-state index in [2.05, 4.69) is 10.3 Å². The first-order valence-electron chi connectivity index (χ1n) is 8.93. The van der Waals surface area contributed by atoms with Crippen LogP contribution in [-0.4, -0.2) is 34.8 Å². The van der Waals surface area contributed by atoms with E-state index in [0.29, 0.717) is 18.7 Å². The second kappa shape index (κ2) is 7.04. The van der Waals surface area contributed by atoms with Crippen molar-refractivity contribution in [2.45, 2.75) is 12.8 Å². The first-order chi connectivity index (χ1) is 12.7. The van der Waals surface area contributed by atoms with Crippen molar-refractivity contribution in [1.29, 1.82) is 0 Å². The molecule has 1 aliphatic rings. The van der Waals surface area contributed by atoms with Crippen molar-refractivity contribution in [3.8, 4) is 0 Å². The summed E-state index contributed by atoms with van der Waals surface area (Å²) >= 11 is 0. The molecule has 0 saturated carbocycles. The van der Waals surface area contributed by atoms with E-state index in [4.69, 9.17) is 0 Å². The summed E-state index contributed by atoms with van der Waals surface area (Å²) < 4.78 is 0. The summed E-state index contributed by atoms with van der Waals surface area (Å²) in [6.45, 7) is 1.15. The molecule has 3 aromatic rings. The zero-order valence-electron chi connectivity index (χ0n) is 14.4. The minimum absolute atomic E-state index is 0.00897. The Kier molecular flexibility index (Phi) is 4.44. The molecule has 1 aromatic heterocycles. The minimum atomic E-state index is -0.177. The number of H-pyrrole nitrogens is 1. The Labute approximate surface area is 152 Å². The summed E-state index contributed by atoms with van der Waals surface area (Å²) in [7, 11) is 0. The predicted molar refractivity (Wildman–Crippen MR) is 102 cm³/mol. The number of nitrogens with zero attached hydrogens (tertiary/aromatic N) is 1. The van der Waals surface area contributed by atoms with Gasteiger partial charge >= 0.3 is 0 Å². The molecular weight excluding hydrogens is 326 g/mol. The van der Waals surface area contributed by atoms with Crippen molar-refractivity contribution >= 4 is 28.4 Å². The predicted octanol–water partition coefficient (Wildman–Crippen LogP) is 3.66. The monoisotopic (exact) mass is 347 g/mol. The van der Waals surface area contributed by atoms with Gasteiger partial charge in [0, 0.05) is 41.4 Å². The number of nitrogens with one attached hydrogen (secondary N) is 2. The first-order valence-corrected chi connectivity index (χ1v) is 8.93. The van der Waals surface area contributed by atoms with Gasteiger partial charge in [0.2, 0.25) is 5.91 Å². The van der Waals surface area contributed by atoms with Gasteiger partial charge in [0.1, 0.15) is 0 Å². The lowest BCUT2D eigenvalue weighted by Crippen LogP contribution is -2.43. The fourth-order valence-corrected chi connectivity index (χ4v) is 3.51. The number of hydrogen-bond donors (Lipinski definition) is 2. The molecule has 1 unspecified atom stereocenters. The Hall–Kier alpha value is -3.08. The van der Waals surface area contributed by atoms with Gasteiger partial charge in [-0.05, 0) is 49.2 Å². The molecule has 2 heterocycles. The second-order valence-corrected chi connectivity index (χ2v) is 6.73. The highest BCUT2D eigenvalue weighted by molar-refractivity contribution is 5.99. The number of amides is 2. The fraction of sp³-hybridized carbons (Fsp3) is 0.238. The number of rotatable bonds is 3. The largest absolute Gasteiger partial charge is 0.361 e. The molecular formula is C21H21N3O2. The highest BCUT2D eigenvalue weighted by atomic mass is 16.2. The van der Waals surface area contributed by atoms with E-state index in [9.17, 15) is 9.59 Å². The summed E-state index contributed by atoms with van der Waals surface area (Å²) in [6, 6.07) is 17.1. The Morgan fingerprint density at radius 1 is 1.08 bits per heavy atom. The summed E-state index contributed by atoms with van der Waals surface area (Å²) in [5, 5.41) is 3.97. The van der Waals surface area contributed by atoms with Crippen LogP contribution in [0.1, 0.15) is 23.2 Å². The molecule has 0 aliphatic carbocycles. The van der Waals surface area contributed by atoms with Crippen LogP contribution >= 0.6 is 0 Å². The van der Waals surface area contributed by atoms with Crippen molar-refractivity contribution in [2.24, 2.45) is 5.92 Å². The van der Waals surface area contributed by atoms with E-state index in [1.54, 1.807) is 4.90 Å². The molecule has 132 valence electrons. The Balaban J connectivity index is 1.45. The second-order valence-electron chi connectivity index (χ2n) is 6.73. The average molecular weight is 347 g/mol. The number of piperidine rings is 1. The Morgan fingerprint density at radius 3 is 2.77 bits per heavy atom. The van der Waals surface area contributed by atoms with Gasteiger partial charge in [0.15, 0.2) is 0 Å². The summed E-state index contributed by atoms with van der Waals surface area (Å²) in [5.41, 5.74) is 2.47. The van der Waals surface area contributed by atoms with E-state index in [-0.39, 0.29) is 17.7 Å². The number of carbonyl (C=O) groups excluding carboxylic acids is 2. The molecule has 2 aromatic carbocycles. The number of aromatic amines is 1. The van der Waals surface area contributed by atoms with Crippen molar-refractivity contribution in [3.05, 3.63) is 66.4 Å². The van der Waals surface area contributed by atoms with Crippen LogP contribution in [0.3, 0.4) is 0 Å². The van der Waals surface area contributed by atoms with Gasteiger partial charge in [-0.25, -0.2) is 0 Å². The average Bonchev–Trinajstić information content (AvgIpc) is 3.16. The van der Waals surface area contributed by atoms with Crippen LogP contribution in [-0.2, 0) is 4.79 Å². The smallest absolute Gasteiger partial charge is 0.253 e. The van der Waals surface area contributed by atoms with Gasteiger partial charge in [0.25, 0.3) is 5.91 Å². The number of aromatic nitrogens is 1. The van der Waals surface area contributed by atoms with Crippen LogP contribution in [0.15, 0.2) is 60.8 Å². The van der Waals surface area contributed by atoms with Crippen molar-refractivity contribution in [3.63, 3.8) is 0 Å².